The van der Waals surface area contributed by atoms with Crippen LogP contribution in [0.4, 0.5) is 0 Å². The molecule has 2 atom stereocenters. The zero-order valence-electron chi connectivity index (χ0n) is 15.8. The van der Waals surface area contributed by atoms with E-state index in [1.807, 2.05) is 32.9 Å². The molecule has 24 heavy (non-hydrogen) atoms. The molecule has 1 fully saturated rings. The van der Waals surface area contributed by atoms with Crippen molar-refractivity contribution in [1.29, 1.82) is 0 Å². The highest BCUT2D eigenvalue weighted by molar-refractivity contribution is 7.90. The van der Waals surface area contributed by atoms with Gasteiger partial charge in [0.2, 0.25) is 10.0 Å². The van der Waals surface area contributed by atoms with Gasteiger partial charge in [-0.3, -0.25) is 4.84 Å². The largest absolute Gasteiger partial charge is 0.297 e. The third-order valence-electron chi connectivity index (χ3n) is 4.15. The molecule has 0 amide bonds. The first kappa shape index (κ1) is 19.4. The van der Waals surface area contributed by atoms with Gasteiger partial charge in [0, 0.05) is 12.6 Å². The second-order valence-corrected chi connectivity index (χ2v) is 10.5. The quantitative estimate of drug-likeness (QED) is 0.906. The van der Waals surface area contributed by atoms with E-state index in [1.165, 1.54) is 5.56 Å². The summed E-state index contributed by atoms with van der Waals surface area (Å²) in [5, 5.41) is 1.01. The molecule has 1 aliphatic rings. The summed E-state index contributed by atoms with van der Waals surface area (Å²) in [7, 11) is -1.72. The summed E-state index contributed by atoms with van der Waals surface area (Å²) in [4.78, 5) is 5.54. The van der Waals surface area contributed by atoms with Crippen LogP contribution in [-0.2, 0) is 20.3 Å². The van der Waals surface area contributed by atoms with Gasteiger partial charge < -0.3 is 0 Å². The Hall–Kier alpha value is -0.950. The van der Waals surface area contributed by atoms with Gasteiger partial charge in [0.1, 0.15) is 5.25 Å². The fourth-order valence-electron chi connectivity index (χ4n) is 2.96. The predicted molar refractivity (Wildman–Crippen MR) is 97.2 cm³/mol. The van der Waals surface area contributed by atoms with Crippen LogP contribution in [0.15, 0.2) is 24.3 Å². The number of sulfonamides is 1. The van der Waals surface area contributed by atoms with E-state index in [0.717, 1.165) is 5.56 Å². The summed E-state index contributed by atoms with van der Waals surface area (Å²) in [6.45, 7) is 12.2. The molecule has 0 aromatic heterocycles. The van der Waals surface area contributed by atoms with E-state index in [1.54, 1.807) is 12.1 Å². The Labute approximate surface area is 146 Å². The molecule has 1 heterocycles. The second kappa shape index (κ2) is 6.41. The van der Waals surface area contributed by atoms with Gasteiger partial charge in [-0.15, -0.1) is 0 Å². The van der Waals surface area contributed by atoms with Crippen LogP contribution in [0, 0.1) is 0 Å². The molecule has 0 aliphatic carbocycles. The van der Waals surface area contributed by atoms with Crippen molar-refractivity contribution in [2.24, 2.45) is 0 Å². The van der Waals surface area contributed by atoms with Gasteiger partial charge >= 0.3 is 0 Å². The van der Waals surface area contributed by atoms with Crippen molar-refractivity contribution in [1.82, 2.24) is 9.79 Å². The Morgan fingerprint density at radius 3 is 2.08 bits per heavy atom. The first-order valence-electron chi connectivity index (χ1n) is 8.30. The van der Waals surface area contributed by atoms with Crippen molar-refractivity contribution in [3.05, 3.63) is 35.4 Å². The minimum Gasteiger partial charge on any atom is -0.297 e. The number of nitrogens with zero attached hydrogens (tertiary/aromatic N) is 1. The lowest BCUT2D eigenvalue weighted by Crippen LogP contribution is -2.47. The first-order chi connectivity index (χ1) is 10.8. The molecule has 0 unspecified atom stereocenters. The van der Waals surface area contributed by atoms with Gasteiger partial charge in [-0.1, -0.05) is 45.0 Å². The third-order valence-corrected chi connectivity index (χ3v) is 6.24. The molecule has 5 nitrogen and oxygen atoms in total. The van der Waals surface area contributed by atoms with E-state index in [4.69, 9.17) is 4.84 Å². The minimum atomic E-state index is -3.50. The van der Waals surface area contributed by atoms with E-state index >= 15 is 0 Å². The Kier molecular flexibility index (Phi) is 5.17. The molecule has 1 aromatic rings. The van der Waals surface area contributed by atoms with Crippen molar-refractivity contribution in [2.75, 3.05) is 13.7 Å². The van der Waals surface area contributed by atoms with Crippen LogP contribution in [0.3, 0.4) is 0 Å². The van der Waals surface area contributed by atoms with Gasteiger partial charge in [-0.05, 0) is 37.3 Å². The van der Waals surface area contributed by atoms with E-state index in [-0.39, 0.29) is 18.1 Å². The molecule has 0 saturated carbocycles. The predicted octanol–water partition coefficient (Wildman–Crippen LogP) is 2.99. The second-order valence-electron chi connectivity index (χ2n) is 8.59. The summed E-state index contributed by atoms with van der Waals surface area (Å²) in [6, 6.07) is 7.84. The van der Waals surface area contributed by atoms with Crippen LogP contribution in [0.5, 0.6) is 0 Å². The highest BCUT2D eigenvalue weighted by Crippen LogP contribution is 2.34. The van der Waals surface area contributed by atoms with Crippen LogP contribution in [0.2, 0.25) is 0 Å². The summed E-state index contributed by atoms with van der Waals surface area (Å²) in [6.07, 6.45) is 0. The molecule has 1 saturated heterocycles. The van der Waals surface area contributed by atoms with Crippen LogP contribution in [0.1, 0.15) is 58.7 Å². The van der Waals surface area contributed by atoms with Gasteiger partial charge in [0.15, 0.2) is 0 Å². The summed E-state index contributed by atoms with van der Waals surface area (Å²) < 4.78 is 28.3. The molecule has 6 heteroatoms. The molecule has 1 aromatic carbocycles. The molecule has 1 N–H and O–H groups in total. The molecule has 2 rings (SSSR count). The van der Waals surface area contributed by atoms with Crippen molar-refractivity contribution in [3.63, 3.8) is 0 Å². The Morgan fingerprint density at radius 2 is 1.62 bits per heavy atom. The number of rotatable bonds is 3. The molecule has 0 radical (unpaired) electrons. The molecule has 136 valence electrons. The van der Waals surface area contributed by atoms with Crippen LogP contribution < -0.4 is 4.72 Å². The lowest BCUT2D eigenvalue weighted by Gasteiger charge is -2.27. The van der Waals surface area contributed by atoms with Gasteiger partial charge in [-0.25, -0.2) is 13.1 Å². The van der Waals surface area contributed by atoms with E-state index in [0.29, 0.717) is 0 Å². The van der Waals surface area contributed by atoms with Crippen LogP contribution in [0.25, 0.3) is 0 Å². The molecule has 1 aliphatic heterocycles. The molecular weight excluding hydrogens is 324 g/mol. The summed E-state index contributed by atoms with van der Waals surface area (Å²) in [5.74, 6) is 0. The van der Waals surface area contributed by atoms with Gasteiger partial charge in [-0.2, -0.15) is 5.06 Å². The SMILES string of the molecule is CN1OC[C@H](S(=O)(=O)NC(C)(C)C)[C@H]1c1ccc(C(C)(C)C)cc1. The lowest BCUT2D eigenvalue weighted by molar-refractivity contribution is -0.110. The normalized spacial score (nSPS) is 23.6. The zero-order chi connectivity index (χ0) is 18.3. The number of hydrogen-bond donors (Lipinski definition) is 1. The van der Waals surface area contributed by atoms with Crippen LogP contribution in [-0.4, -0.2) is 37.9 Å². The average Bonchev–Trinajstić information content (AvgIpc) is 2.78. The highest BCUT2D eigenvalue weighted by atomic mass is 32.2. The van der Waals surface area contributed by atoms with Crippen molar-refractivity contribution < 1.29 is 13.3 Å². The fourth-order valence-corrected chi connectivity index (χ4v) is 4.88. The van der Waals surface area contributed by atoms with Gasteiger partial charge in [0.25, 0.3) is 0 Å². The number of hydrogen-bond acceptors (Lipinski definition) is 4. The van der Waals surface area contributed by atoms with Crippen molar-refractivity contribution >= 4 is 10.0 Å². The maximum atomic E-state index is 12.8. The van der Waals surface area contributed by atoms with Gasteiger partial charge in [0.05, 0.1) is 12.6 Å². The highest BCUT2D eigenvalue weighted by Gasteiger charge is 2.44. The Balaban J connectivity index is 2.33. The Bertz CT molecular complexity index is 670. The van der Waals surface area contributed by atoms with Crippen molar-refractivity contribution in [3.8, 4) is 0 Å². The first-order valence-corrected chi connectivity index (χ1v) is 9.85. The number of nitrogens with one attached hydrogen (secondary N) is 1. The molecule has 0 spiro atoms. The summed E-state index contributed by atoms with van der Waals surface area (Å²) >= 11 is 0. The standard InChI is InChI=1S/C18H30N2O3S/c1-17(2,3)14-10-8-13(9-11-14)16-15(12-23-20(16)7)24(21,22)19-18(4,5)6/h8-11,15-16,19H,12H2,1-7H3/t15-,16+/m0/s1. The monoisotopic (exact) mass is 354 g/mol. The topological polar surface area (TPSA) is 58.6 Å². The zero-order valence-corrected chi connectivity index (χ0v) is 16.6. The number of benzene rings is 1. The number of hydroxylamine groups is 2. The van der Waals surface area contributed by atoms with Crippen LogP contribution >= 0.6 is 0 Å². The maximum absolute atomic E-state index is 12.8. The third kappa shape index (κ3) is 4.36. The maximum Gasteiger partial charge on any atom is 0.219 e. The Morgan fingerprint density at radius 1 is 1.08 bits per heavy atom. The van der Waals surface area contributed by atoms with Crippen molar-refractivity contribution in [2.45, 2.75) is 63.8 Å². The molecule has 0 bridgehead atoms. The summed E-state index contributed by atoms with van der Waals surface area (Å²) in [5.41, 5.74) is 1.73. The minimum absolute atomic E-state index is 0.0654. The smallest absolute Gasteiger partial charge is 0.219 e. The van der Waals surface area contributed by atoms with E-state index in [9.17, 15) is 8.42 Å². The van der Waals surface area contributed by atoms with E-state index < -0.39 is 20.8 Å². The lowest BCUT2D eigenvalue weighted by atomic mass is 9.86. The molecular formula is C18H30N2O3S. The average molecular weight is 355 g/mol. The van der Waals surface area contributed by atoms with E-state index in [2.05, 4.69) is 37.6 Å². The fraction of sp³-hybridized carbons (Fsp3) is 0.667.